The Morgan fingerprint density at radius 3 is 2.40 bits per heavy atom. The number of rotatable bonds is 4. The van der Waals surface area contributed by atoms with Crippen molar-refractivity contribution in [2.45, 2.75) is 13.8 Å². The summed E-state index contributed by atoms with van der Waals surface area (Å²) in [6.45, 7) is 3.10. The molecule has 0 saturated carbocycles. The summed E-state index contributed by atoms with van der Waals surface area (Å²) < 4.78 is 4.39. The lowest BCUT2D eigenvalue weighted by Gasteiger charge is -2.11. The maximum atomic E-state index is 11.9. The minimum atomic E-state index is -1.02. The number of nitro groups is 1. The summed E-state index contributed by atoms with van der Waals surface area (Å²) in [5, 5.41) is 20.8. The number of benzene rings is 1. The number of ether oxygens (including phenoxy) is 1. The van der Waals surface area contributed by atoms with Crippen molar-refractivity contribution in [2.24, 2.45) is 5.92 Å². The molecule has 0 aromatic heterocycles. The number of nitrogens with zero attached hydrogens (tertiary/aromatic N) is 1. The molecule has 0 amide bonds. The molecule has 0 aliphatic rings. The van der Waals surface area contributed by atoms with Crippen LogP contribution in [-0.4, -0.2) is 28.9 Å². The number of aromatic hydroxyl groups is 1. The average molecular weight is 282 g/mol. The molecule has 1 rings (SSSR count). The quantitative estimate of drug-likeness (QED) is 0.281. The second kappa shape index (κ2) is 5.55. The number of phenols is 1. The highest BCUT2D eigenvalue weighted by molar-refractivity contribution is 6.08. The van der Waals surface area contributed by atoms with Gasteiger partial charge in [-0.2, -0.15) is 0 Å². The molecule has 1 aromatic rings. The number of hydrogen-bond acceptors (Lipinski definition) is 7. The molecule has 0 saturated heterocycles. The van der Waals surface area contributed by atoms with E-state index in [9.17, 15) is 24.8 Å². The number of hydrogen-bond donors (Lipinski definition) is 2. The van der Waals surface area contributed by atoms with Crippen LogP contribution in [0, 0.1) is 16.0 Å². The van der Waals surface area contributed by atoms with Crippen LogP contribution in [0.25, 0.3) is 0 Å². The zero-order valence-electron chi connectivity index (χ0n) is 11.2. The fourth-order valence-corrected chi connectivity index (χ4v) is 1.69. The van der Waals surface area contributed by atoms with Gasteiger partial charge in [0.15, 0.2) is 5.78 Å². The van der Waals surface area contributed by atoms with E-state index in [4.69, 9.17) is 5.73 Å². The lowest BCUT2D eigenvalue weighted by molar-refractivity contribution is -0.384. The van der Waals surface area contributed by atoms with Gasteiger partial charge in [0, 0.05) is 5.92 Å². The first-order valence-corrected chi connectivity index (χ1v) is 5.64. The van der Waals surface area contributed by atoms with Crippen LogP contribution in [0.5, 0.6) is 5.75 Å². The molecule has 108 valence electrons. The Morgan fingerprint density at radius 2 is 2.00 bits per heavy atom. The highest BCUT2D eigenvalue weighted by Gasteiger charge is 2.32. The van der Waals surface area contributed by atoms with E-state index in [1.54, 1.807) is 13.8 Å². The van der Waals surface area contributed by atoms with Gasteiger partial charge >= 0.3 is 11.7 Å². The van der Waals surface area contributed by atoms with Gasteiger partial charge in [-0.05, 0) is 6.07 Å². The number of carbonyl (C=O) groups excluding carboxylic acids is 2. The molecule has 8 heteroatoms. The van der Waals surface area contributed by atoms with Gasteiger partial charge in [0.25, 0.3) is 0 Å². The summed E-state index contributed by atoms with van der Waals surface area (Å²) in [7, 11) is 1.04. The zero-order valence-corrected chi connectivity index (χ0v) is 11.2. The van der Waals surface area contributed by atoms with Crippen LogP contribution in [0.1, 0.15) is 34.6 Å². The predicted molar refractivity (Wildman–Crippen MR) is 69.7 cm³/mol. The molecule has 0 spiro atoms. The predicted octanol–water partition coefficient (Wildman–Crippen LogP) is 1.51. The fraction of sp³-hybridized carbons (Fsp3) is 0.333. The number of carbonyl (C=O) groups is 2. The number of nitrogens with two attached hydrogens (primary N) is 1. The monoisotopic (exact) mass is 282 g/mol. The van der Waals surface area contributed by atoms with E-state index < -0.39 is 45.3 Å². The van der Waals surface area contributed by atoms with Crippen LogP contribution >= 0.6 is 0 Å². The molecule has 20 heavy (non-hydrogen) atoms. The van der Waals surface area contributed by atoms with Gasteiger partial charge in [-0.15, -0.1) is 0 Å². The van der Waals surface area contributed by atoms with E-state index >= 15 is 0 Å². The van der Waals surface area contributed by atoms with Gasteiger partial charge in [0.2, 0.25) is 0 Å². The number of nitrogen functional groups attached to an aromatic ring is 1. The smallest absolute Gasteiger partial charge is 0.344 e. The van der Waals surface area contributed by atoms with E-state index in [0.29, 0.717) is 0 Å². The topological polar surface area (TPSA) is 133 Å². The van der Waals surface area contributed by atoms with E-state index in [2.05, 4.69) is 4.74 Å². The van der Waals surface area contributed by atoms with Gasteiger partial charge in [-0.1, -0.05) is 13.8 Å². The molecule has 0 aliphatic carbocycles. The van der Waals surface area contributed by atoms with E-state index in [1.807, 2.05) is 0 Å². The van der Waals surface area contributed by atoms with Crippen LogP contribution in [0.2, 0.25) is 0 Å². The molecule has 1 aromatic carbocycles. The van der Waals surface area contributed by atoms with Gasteiger partial charge in [-0.3, -0.25) is 14.9 Å². The first-order chi connectivity index (χ1) is 9.22. The standard InChI is InChI=1S/C12H14N2O6/c1-5(2)11(16)6-4-7(15)8(12(17)20-3)9(13)10(6)14(18)19/h4-5,15H,13H2,1-3H3. The molecule has 0 atom stereocenters. The second-order valence-corrected chi connectivity index (χ2v) is 4.35. The second-order valence-electron chi connectivity index (χ2n) is 4.35. The number of anilines is 1. The minimum absolute atomic E-state index is 0.340. The Kier molecular flexibility index (Phi) is 4.28. The van der Waals surface area contributed by atoms with E-state index in [0.717, 1.165) is 13.2 Å². The molecule has 3 N–H and O–H groups in total. The molecule has 0 unspecified atom stereocenters. The zero-order chi connectivity index (χ0) is 15.6. The van der Waals surface area contributed by atoms with Crippen LogP contribution in [0.15, 0.2) is 6.07 Å². The Morgan fingerprint density at radius 1 is 1.45 bits per heavy atom. The van der Waals surface area contributed by atoms with Crippen molar-refractivity contribution >= 4 is 23.1 Å². The summed E-state index contributed by atoms with van der Waals surface area (Å²) in [5.41, 5.74) is 3.38. The molecular weight excluding hydrogens is 268 g/mol. The van der Waals surface area contributed by atoms with Crippen molar-refractivity contribution in [1.82, 2.24) is 0 Å². The molecule has 0 fully saturated rings. The minimum Gasteiger partial charge on any atom is -0.507 e. The summed E-state index contributed by atoms with van der Waals surface area (Å²) in [5.74, 6) is -2.75. The maximum Gasteiger partial charge on any atom is 0.344 e. The third-order valence-corrected chi connectivity index (χ3v) is 2.68. The van der Waals surface area contributed by atoms with Gasteiger partial charge < -0.3 is 15.6 Å². The number of phenolic OH excluding ortho intramolecular Hbond substituents is 1. The molecule has 0 heterocycles. The molecule has 0 aliphatic heterocycles. The molecule has 0 bridgehead atoms. The highest BCUT2D eigenvalue weighted by atomic mass is 16.6. The number of methoxy groups -OCH3 is 1. The molecule has 0 radical (unpaired) electrons. The Bertz CT molecular complexity index is 594. The largest absolute Gasteiger partial charge is 0.507 e. The number of esters is 1. The summed E-state index contributed by atoms with van der Waals surface area (Å²) in [6.07, 6.45) is 0. The normalized spacial score (nSPS) is 10.4. The van der Waals surface area contributed by atoms with E-state index in [-0.39, 0.29) is 5.56 Å². The van der Waals surface area contributed by atoms with Crippen molar-refractivity contribution in [3.05, 3.63) is 27.3 Å². The van der Waals surface area contributed by atoms with Crippen molar-refractivity contribution in [2.75, 3.05) is 12.8 Å². The van der Waals surface area contributed by atoms with Gasteiger partial charge in [-0.25, -0.2) is 4.79 Å². The van der Waals surface area contributed by atoms with Crippen LogP contribution in [0.4, 0.5) is 11.4 Å². The number of nitro benzene ring substituents is 1. The van der Waals surface area contributed by atoms with Crippen LogP contribution in [-0.2, 0) is 4.74 Å². The van der Waals surface area contributed by atoms with Gasteiger partial charge in [0.1, 0.15) is 22.6 Å². The molecule has 8 nitrogen and oxygen atoms in total. The lowest BCUT2D eigenvalue weighted by atomic mass is 9.96. The average Bonchev–Trinajstić information content (AvgIpc) is 2.35. The van der Waals surface area contributed by atoms with Crippen molar-refractivity contribution in [1.29, 1.82) is 0 Å². The summed E-state index contributed by atoms with van der Waals surface area (Å²) in [6, 6.07) is 0.864. The lowest BCUT2D eigenvalue weighted by Crippen LogP contribution is -2.15. The summed E-state index contributed by atoms with van der Waals surface area (Å²) in [4.78, 5) is 33.6. The SMILES string of the molecule is COC(=O)c1c(O)cc(C(=O)C(C)C)c([N+](=O)[O-])c1N. The summed E-state index contributed by atoms with van der Waals surface area (Å²) >= 11 is 0. The Hall–Kier alpha value is -2.64. The molecular formula is C12H14N2O6. The third-order valence-electron chi connectivity index (χ3n) is 2.68. The van der Waals surface area contributed by atoms with E-state index in [1.165, 1.54) is 0 Å². The van der Waals surface area contributed by atoms with Crippen molar-refractivity contribution in [3.63, 3.8) is 0 Å². The van der Waals surface area contributed by atoms with Crippen LogP contribution < -0.4 is 5.73 Å². The third kappa shape index (κ3) is 2.53. The fourth-order valence-electron chi connectivity index (χ4n) is 1.69. The Balaban J connectivity index is 3.70. The maximum absolute atomic E-state index is 11.9. The first-order valence-electron chi connectivity index (χ1n) is 5.64. The van der Waals surface area contributed by atoms with Crippen LogP contribution in [0.3, 0.4) is 0 Å². The Labute approximate surface area is 114 Å². The van der Waals surface area contributed by atoms with Gasteiger partial charge in [0.05, 0.1) is 12.0 Å². The van der Waals surface area contributed by atoms with Crippen molar-refractivity contribution < 1.29 is 24.4 Å². The number of ketones is 1. The van der Waals surface area contributed by atoms with Crippen molar-refractivity contribution in [3.8, 4) is 5.75 Å². The number of Topliss-reactive ketones (excluding diaryl/α,β-unsaturated/α-hetero) is 1. The first kappa shape index (κ1) is 15.4. The highest BCUT2D eigenvalue weighted by Crippen LogP contribution is 2.37.